The second-order valence-electron chi connectivity index (χ2n) is 4.98. The summed E-state index contributed by atoms with van der Waals surface area (Å²) in [6.45, 7) is 6.50. The lowest BCUT2D eigenvalue weighted by Crippen LogP contribution is -2.14. The number of anilines is 1. The van der Waals surface area contributed by atoms with Crippen LogP contribution in [0.1, 0.15) is 53.9 Å². The lowest BCUT2D eigenvalue weighted by molar-refractivity contribution is 0.103. The van der Waals surface area contributed by atoms with E-state index in [-0.39, 0.29) is 5.91 Å². The second-order valence-corrected chi connectivity index (χ2v) is 5.92. The van der Waals surface area contributed by atoms with Gasteiger partial charge in [0.1, 0.15) is 0 Å². The fourth-order valence-electron chi connectivity index (χ4n) is 2.28. The highest BCUT2D eigenvalue weighted by Gasteiger charge is 2.15. The van der Waals surface area contributed by atoms with E-state index in [1.807, 2.05) is 17.5 Å². The molecule has 0 radical (unpaired) electrons. The van der Waals surface area contributed by atoms with Crippen LogP contribution < -0.4 is 5.32 Å². The van der Waals surface area contributed by atoms with Gasteiger partial charge in [-0.1, -0.05) is 45.0 Å². The number of thiophene rings is 1. The number of carbonyl (C=O) groups excluding carboxylic acids is 1. The van der Waals surface area contributed by atoms with E-state index < -0.39 is 0 Å². The van der Waals surface area contributed by atoms with Crippen molar-refractivity contribution in [2.75, 3.05) is 5.32 Å². The third-order valence-corrected chi connectivity index (χ3v) is 4.56. The Morgan fingerprint density at radius 1 is 1.25 bits per heavy atom. The summed E-state index contributed by atoms with van der Waals surface area (Å²) in [6.07, 6.45) is 1.99. The number of amides is 1. The number of nitrogens with one attached hydrogen (secondary N) is 1. The van der Waals surface area contributed by atoms with Gasteiger partial charge in [0.2, 0.25) is 0 Å². The first kappa shape index (κ1) is 14.8. The molecule has 0 fully saturated rings. The topological polar surface area (TPSA) is 29.1 Å². The zero-order valence-electron chi connectivity index (χ0n) is 12.3. The van der Waals surface area contributed by atoms with Gasteiger partial charge in [0, 0.05) is 5.69 Å². The third kappa shape index (κ3) is 3.10. The van der Waals surface area contributed by atoms with Crippen LogP contribution in [-0.4, -0.2) is 5.91 Å². The zero-order chi connectivity index (χ0) is 14.5. The van der Waals surface area contributed by atoms with Crippen molar-refractivity contribution >= 4 is 22.9 Å². The molecule has 106 valence electrons. The number of rotatable bonds is 5. The maximum atomic E-state index is 12.3. The standard InChI is InChI=1S/C17H21NOS/c1-4-12(3)14-9-6-8-13(5-2)16(14)18-17(19)15-10-7-11-20-15/h6-12H,4-5H2,1-3H3,(H,18,19). The summed E-state index contributed by atoms with van der Waals surface area (Å²) in [5.41, 5.74) is 3.44. The molecule has 0 aliphatic rings. The Morgan fingerprint density at radius 2 is 2.05 bits per heavy atom. The van der Waals surface area contributed by atoms with Crippen LogP contribution in [0.4, 0.5) is 5.69 Å². The van der Waals surface area contributed by atoms with Crippen molar-refractivity contribution in [1.29, 1.82) is 0 Å². The number of hydrogen-bond acceptors (Lipinski definition) is 2. The van der Waals surface area contributed by atoms with Crippen molar-refractivity contribution < 1.29 is 4.79 Å². The second kappa shape index (κ2) is 6.71. The van der Waals surface area contributed by atoms with E-state index in [1.165, 1.54) is 22.5 Å². The molecule has 1 atom stereocenters. The Labute approximate surface area is 124 Å². The van der Waals surface area contributed by atoms with Gasteiger partial charge in [-0.15, -0.1) is 11.3 Å². The van der Waals surface area contributed by atoms with E-state index >= 15 is 0 Å². The fraction of sp³-hybridized carbons (Fsp3) is 0.353. The molecular formula is C17H21NOS. The molecule has 1 unspecified atom stereocenters. The maximum absolute atomic E-state index is 12.3. The molecule has 1 aromatic heterocycles. The number of para-hydroxylation sites is 1. The predicted octanol–water partition coefficient (Wildman–Crippen LogP) is 5.08. The molecule has 0 bridgehead atoms. The summed E-state index contributed by atoms with van der Waals surface area (Å²) >= 11 is 1.47. The van der Waals surface area contributed by atoms with Crippen LogP contribution in [0, 0.1) is 0 Å². The van der Waals surface area contributed by atoms with Gasteiger partial charge in [-0.3, -0.25) is 4.79 Å². The number of carbonyl (C=O) groups is 1. The molecule has 20 heavy (non-hydrogen) atoms. The summed E-state index contributed by atoms with van der Waals surface area (Å²) in [5.74, 6) is 0.436. The lowest BCUT2D eigenvalue weighted by atomic mass is 9.93. The fourth-order valence-corrected chi connectivity index (χ4v) is 2.90. The molecule has 1 N–H and O–H groups in total. The monoisotopic (exact) mass is 287 g/mol. The SMILES string of the molecule is CCc1cccc(C(C)CC)c1NC(=O)c1cccs1. The molecule has 1 heterocycles. The first-order valence-electron chi connectivity index (χ1n) is 7.14. The number of benzene rings is 1. The van der Waals surface area contributed by atoms with Crippen LogP contribution in [0.15, 0.2) is 35.7 Å². The predicted molar refractivity (Wildman–Crippen MR) is 86.8 cm³/mol. The molecule has 0 aliphatic heterocycles. The van der Waals surface area contributed by atoms with Gasteiger partial charge in [0.05, 0.1) is 4.88 Å². The minimum Gasteiger partial charge on any atom is -0.321 e. The highest BCUT2D eigenvalue weighted by atomic mass is 32.1. The molecule has 1 amide bonds. The minimum atomic E-state index is -0.00884. The van der Waals surface area contributed by atoms with E-state index in [0.717, 1.165) is 23.4 Å². The van der Waals surface area contributed by atoms with E-state index in [4.69, 9.17) is 0 Å². The summed E-state index contributed by atoms with van der Waals surface area (Å²) < 4.78 is 0. The first-order valence-corrected chi connectivity index (χ1v) is 8.02. The summed E-state index contributed by atoms with van der Waals surface area (Å²) in [5, 5.41) is 5.05. The molecule has 0 aliphatic carbocycles. The number of aryl methyl sites for hydroxylation is 1. The molecule has 0 spiro atoms. The van der Waals surface area contributed by atoms with Gasteiger partial charge in [-0.25, -0.2) is 0 Å². The smallest absolute Gasteiger partial charge is 0.265 e. The zero-order valence-corrected chi connectivity index (χ0v) is 13.1. The molecule has 0 saturated carbocycles. The van der Waals surface area contributed by atoms with Crippen molar-refractivity contribution in [2.45, 2.75) is 39.5 Å². The molecule has 3 heteroatoms. The Kier molecular flexibility index (Phi) is 4.96. The first-order chi connectivity index (χ1) is 9.67. The number of hydrogen-bond donors (Lipinski definition) is 1. The summed E-state index contributed by atoms with van der Waals surface area (Å²) in [7, 11) is 0. The van der Waals surface area contributed by atoms with Crippen molar-refractivity contribution in [1.82, 2.24) is 0 Å². The van der Waals surface area contributed by atoms with Crippen molar-refractivity contribution in [3.05, 3.63) is 51.7 Å². The Morgan fingerprint density at radius 3 is 2.65 bits per heavy atom. The van der Waals surface area contributed by atoms with E-state index in [0.29, 0.717) is 5.92 Å². The van der Waals surface area contributed by atoms with E-state index in [1.54, 1.807) is 0 Å². The molecule has 2 aromatic rings. The van der Waals surface area contributed by atoms with Gasteiger partial charge in [-0.2, -0.15) is 0 Å². The van der Waals surface area contributed by atoms with Crippen LogP contribution in [0.2, 0.25) is 0 Å². The third-order valence-electron chi connectivity index (χ3n) is 3.69. The molecule has 2 nitrogen and oxygen atoms in total. The van der Waals surface area contributed by atoms with Crippen molar-refractivity contribution in [3.8, 4) is 0 Å². The van der Waals surface area contributed by atoms with Crippen molar-refractivity contribution in [3.63, 3.8) is 0 Å². The molecule has 1 aromatic carbocycles. The van der Waals surface area contributed by atoms with Crippen LogP contribution in [0.3, 0.4) is 0 Å². The molecule has 0 saturated heterocycles. The van der Waals surface area contributed by atoms with Gasteiger partial charge in [0.15, 0.2) is 0 Å². The quantitative estimate of drug-likeness (QED) is 0.816. The average Bonchev–Trinajstić information content (AvgIpc) is 3.01. The van der Waals surface area contributed by atoms with Gasteiger partial charge >= 0.3 is 0 Å². The summed E-state index contributed by atoms with van der Waals surface area (Å²) in [4.78, 5) is 13.1. The minimum absolute atomic E-state index is 0.00884. The Bertz CT molecular complexity index is 575. The van der Waals surface area contributed by atoms with Crippen LogP contribution in [-0.2, 0) is 6.42 Å². The van der Waals surface area contributed by atoms with Crippen LogP contribution in [0.25, 0.3) is 0 Å². The normalized spacial score (nSPS) is 12.2. The summed E-state index contributed by atoms with van der Waals surface area (Å²) in [6, 6.07) is 10.1. The Balaban J connectivity index is 2.36. The van der Waals surface area contributed by atoms with Crippen LogP contribution in [0.5, 0.6) is 0 Å². The molecular weight excluding hydrogens is 266 g/mol. The lowest BCUT2D eigenvalue weighted by Gasteiger charge is -2.18. The molecule has 2 rings (SSSR count). The van der Waals surface area contributed by atoms with Gasteiger partial charge < -0.3 is 5.32 Å². The maximum Gasteiger partial charge on any atom is 0.265 e. The van der Waals surface area contributed by atoms with Gasteiger partial charge in [-0.05, 0) is 41.3 Å². The highest BCUT2D eigenvalue weighted by Crippen LogP contribution is 2.31. The average molecular weight is 287 g/mol. The van der Waals surface area contributed by atoms with E-state index in [2.05, 4.69) is 44.3 Å². The Hall–Kier alpha value is -1.61. The largest absolute Gasteiger partial charge is 0.321 e. The van der Waals surface area contributed by atoms with Gasteiger partial charge in [0.25, 0.3) is 5.91 Å². The van der Waals surface area contributed by atoms with Crippen LogP contribution >= 0.6 is 11.3 Å². The van der Waals surface area contributed by atoms with E-state index in [9.17, 15) is 4.79 Å². The highest BCUT2D eigenvalue weighted by molar-refractivity contribution is 7.12. The van der Waals surface area contributed by atoms with Crippen molar-refractivity contribution in [2.24, 2.45) is 0 Å².